The normalized spacial score (nSPS) is 11.0. The van der Waals surface area contributed by atoms with Crippen LogP contribution in [0, 0.1) is 0 Å². The SMILES string of the molecule is COC(=O)CCN(CCCO)C(C)C. The summed E-state index contributed by atoms with van der Waals surface area (Å²) in [5, 5.41) is 8.70. The van der Waals surface area contributed by atoms with E-state index >= 15 is 0 Å². The number of carbonyl (C=O) groups is 1. The largest absolute Gasteiger partial charge is 0.469 e. The van der Waals surface area contributed by atoms with Gasteiger partial charge in [0.05, 0.1) is 13.5 Å². The Labute approximate surface area is 85.9 Å². The Balaban J connectivity index is 3.78. The number of rotatable bonds is 7. The van der Waals surface area contributed by atoms with Crippen LogP contribution in [-0.2, 0) is 9.53 Å². The molecule has 0 atom stereocenters. The van der Waals surface area contributed by atoms with Crippen LogP contribution in [0.15, 0.2) is 0 Å². The molecule has 0 radical (unpaired) electrons. The maximum atomic E-state index is 10.9. The lowest BCUT2D eigenvalue weighted by Crippen LogP contribution is -2.34. The molecule has 0 aliphatic rings. The first kappa shape index (κ1) is 13.4. The number of methoxy groups -OCH3 is 1. The third-order valence-electron chi connectivity index (χ3n) is 2.16. The summed E-state index contributed by atoms with van der Waals surface area (Å²) < 4.78 is 4.57. The fraction of sp³-hybridized carbons (Fsp3) is 0.900. The lowest BCUT2D eigenvalue weighted by atomic mass is 10.2. The van der Waals surface area contributed by atoms with Gasteiger partial charge >= 0.3 is 5.97 Å². The minimum absolute atomic E-state index is 0.181. The van der Waals surface area contributed by atoms with Crippen molar-refractivity contribution in [2.45, 2.75) is 32.7 Å². The number of aliphatic hydroxyl groups is 1. The average molecular weight is 203 g/mol. The topological polar surface area (TPSA) is 49.8 Å². The molecule has 0 heterocycles. The third kappa shape index (κ3) is 5.94. The van der Waals surface area contributed by atoms with Crippen molar-refractivity contribution in [3.8, 4) is 0 Å². The molecule has 0 aliphatic heterocycles. The molecular weight excluding hydrogens is 182 g/mol. The van der Waals surface area contributed by atoms with E-state index < -0.39 is 0 Å². The Morgan fingerprint density at radius 3 is 2.50 bits per heavy atom. The Morgan fingerprint density at radius 1 is 1.43 bits per heavy atom. The summed E-state index contributed by atoms with van der Waals surface area (Å²) in [6.45, 7) is 5.88. The van der Waals surface area contributed by atoms with E-state index in [4.69, 9.17) is 5.11 Å². The second-order valence-electron chi connectivity index (χ2n) is 3.53. The predicted molar refractivity (Wildman–Crippen MR) is 55.0 cm³/mol. The van der Waals surface area contributed by atoms with Crippen LogP contribution in [0.5, 0.6) is 0 Å². The van der Waals surface area contributed by atoms with Gasteiger partial charge < -0.3 is 14.7 Å². The van der Waals surface area contributed by atoms with Crippen molar-refractivity contribution in [1.82, 2.24) is 4.90 Å². The molecule has 0 aliphatic carbocycles. The highest BCUT2D eigenvalue weighted by Gasteiger charge is 2.10. The smallest absolute Gasteiger partial charge is 0.306 e. The Hall–Kier alpha value is -0.610. The number of ether oxygens (including phenoxy) is 1. The first-order valence-corrected chi connectivity index (χ1v) is 5.03. The lowest BCUT2D eigenvalue weighted by Gasteiger charge is -2.25. The monoisotopic (exact) mass is 203 g/mol. The fourth-order valence-corrected chi connectivity index (χ4v) is 1.24. The molecule has 0 rings (SSSR count). The van der Waals surface area contributed by atoms with Crippen molar-refractivity contribution in [2.75, 3.05) is 26.8 Å². The van der Waals surface area contributed by atoms with Crippen molar-refractivity contribution in [2.24, 2.45) is 0 Å². The van der Waals surface area contributed by atoms with Gasteiger partial charge in [-0.05, 0) is 20.3 Å². The second-order valence-corrected chi connectivity index (χ2v) is 3.53. The predicted octanol–water partition coefficient (Wildman–Crippen LogP) is 0.642. The lowest BCUT2D eigenvalue weighted by molar-refractivity contribution is -0.141. The molecular formula is C10H21NO3. The summed E-state index contributed by atoms with van der Waals surface area (Å²) in [6, 6.07) is 0.395. The molecule has 4 heteroatoms. The summed E-state index contributed by atoms with van der Waals surface area (Å²) in [4.78, 5) is 13.1. The van der Waals surface area contributed by atoms with Gasteiger partial charge in [0.1, 0.15) is 0 Å². The highest BCUT2D eigenvalue weighted by Crippen LogP contribution is 2.01. The minimum Gasteiger partial charge on any atom is -0.469 e. The highest BCUT2D eigenvalue weighted by molar-refractivity contribution is 5.69. The fourth-order valence-electron chi connectivity index (χ4n) is 1.24. The number of hydrogen-bond acceptors (Lipinski definition) is 4. The number of esters is 1. The number of aliphatic hydroxyl groups excluding tert-OH is 1. The zero-order chi connectivity index (χ0) is 11.0. The van der Waals surface area contributed by atoms with Crippen LogP contribution in [0.3, 0.4) is 0 Å². The van der Waals surface area contributed by atoms with E-state index in [1.54, 1.807) is 0 Å². The van der Waals surface area contributed by atoms with Gasteiger partial charge in [-0.15, -0.1) is 0 Å². The van der Waals surface area contributed by atoms with Gasteiger partial charge in [-0.3, -0.25) is 4.79 Å². The number of hydrogen-bond donors (Lipinski definition) is 1. The first-order chi connectivity index (χ1) is 6.61. The van der Waals surface area contributed by atoms with Crippen molar-refractivity contribution in [1.29, 1.82) is 0 Å². The minimum atomic E-state index is -0.181. The standard InChI is InChI=1S/C10H21NO3/c1-9(2)11(6-4-8-12)7-5-10(13)14-3/h9,12H,4-8H2,1-3H3. The summed E-state index contributed by atoms with van der Waals surface area (Å²) in [6.07, 6.45) is 1.17. The molecule has 1 N–H and O–H groups in total. The third-order valence-corrected chi connectivity index (χ3v) is 2.16. The van der Waals surface area contributed by atoms with Gasteiger partial charge in [-0.2, -0.15) is 0 Å². The van der Waals surface area contributed by atoms with Crippen LogP contribution in [0.25, 0.3) is 0 Å². The van der Waals surface area contributed by atoms with Crippen molar-refractivity contribution < 1.29 is 14.6 Å². The summed E-state index contributed by atoms with van der Waals surface area (Å²) >= 11 is 0. The molecule has 0 saturated heterocycles. The van der Waals surface area contributed by atoms with Crippen LogP contribution < -0.4 is 0 Å². The van der Waals surface area contributed by atoms with E-state index in [1.165, 1.54) is 7.11 Å². The molecule has 0 saturated carbocycles. The van der Waals surface area contributed by atoms with E-state index in [0.717, 1.165) is 13.0 Å². The zero-order valence-electron chi connectivity index (χ0n) is 9.32. The molecule has 84 valence electrons. The first-order valence-electron chi connectivity index (χ1n) is 5.03. The van der Waals surface area contributed by atoms with Crippen molar-refractivity contribution >= 4 is 5.97 Å². The molecule has 0 fully saturated rings. The van der Waals surface area contributed by atoms with E-state index in [-0.39, 0.29) is 12.6 Å². The van der Waals surface area contributed by atoms with Crippen LogP contribution in [0.2, 0.25) is 0 Å². The molecule has 0 aromatic heterocycles. The molecule has 0 unspecified atom stereocenters. The Morgan fingerprint density at radius 2 is 2.07 bits per heavy atom. The number of carbonyl (C=O) groups excluding carboxylic acids is 1. The maximum absolute atomic E-state index is 10.9. The van der Waals surface area contributed by atoms with E-state index in [1.807, 2.05) is 0 Å². The summed E-state index contributed by atoms with van der Waals surface area (Å²) in [7, 11) is 1.40. The highest BCUT2D eigenvalue weighted by atomic mass is 16.5. The Bertz CT molecular complexity index is 159. The van der Waals surface area contributed by atoms with Gasteiger partial charge in [0.15, 0.2) is 0 Å². The summed E-state index contributed by atoms with van der Waals surface area (Å²) in [5.74, 6) is -0.181. The molecule has 0 bridgehead atoms. The quantitative estimate of drug-likeness (QED) is 0.617. The maximum Gasteiger partial charge on any atom is 0.306 e. The van der Waals surface area contributed by atoms with E-state index in [9.17, 15) is 4.79 Å². The molecule has 0 aromatic carbocycles. The van der Waals surface area contributed by atoms with Crippen LogP contribution >= 0.6 is 0 Å². The molecule has 0 spiro atoms. The molecule has 4 nitrogen and oxygen atoms in total. The zero-order valence-corrected chi connectivity index (χ0v) is 9.32. The summed E-state index contributed by atoms with van der Waals surface area (Å²) in [5.41, 5.74) is 0. The van der Waals surface area contributed by atoms with Crippen LogP contribution in [-0.4, -0.2) is 48.8 Å². The van der Waals surface area contributed by atoms with Gasteiger partial charge in [0.25, 0.3) is 0 Å². The van der Waals surface area contributed by atoms with Gasteiger partial charge in [-0.1, -0.05) is 0 Å². The van der Waals surface area contributed by atoms with Crippen molar-refractivity contribution in [3.63, 3.8) is 0 Å². The van der Waals surface area contributed by atoms with E-state index in [0.29, 0.717) is 19.0 Å². The second kappa shape index (κ2) is 7.76. The van der Waals surface area contributed by atoms with Gasteiger partial charge in [-0.25, -0.2) is 0 Å². The molecule has 0 amide bonds. The van der Waals surface area contributed by atoms with Gasteiger partial charge in [0, 0.05) is 25.7 Å². The van der Waals surface area contributed by atoms with E-state index in [2.05, 4.69) is 23.5 Å². The van der Waals surface area contributed by atoms with Crippen LogP contribution in [0.4, 0.5) is 0 Å². The molecule has 14 heavy (non-hydrogen) atoms. The number of nitrogens with zero attached hydrogens (tertiary/aromatic N) is 1. The average Bonchev–Trinajstić information content (AvgIpc) is 2.16. The van der Waals surface area contributed by atoms with Gasteiger partial charge in [0.2, 0.25) is 0 Å². The van der Waals surface area contributed by atoms with Crippen molar-refractivity contribution in [3.05, 3.63) is 0 Å². The van der Waals surface area contributed by atoms with Crippen LogP contribution in [0.1, 0.15) is 26.7 Å². The Kier molecular flexibility index (Phi) is 7.42. The molecule has 0 aromatic rings.